The standard InChI is InChI=1S/C24H21Cl2N3O5/c1-32-17-9-7-16(8-10-17)28-23(30)24(31)29-27-13-15-6-11-21(22(12-15)33-2)34-14-18-19(25)4-3-5-20(18)26/h3-13H,14H2,1-2H3,(H,28,30)(H,29,31)/b27-13-. The molecule has 0 aliphatic carbocycles. The molecule has 0 saturated carbocycles. The molecule has 0 heterocycles. The van der Waals surface area contributed by atoms with Gasteiger partial charge in [0.2, 0.25) is 0 Å². The lowest BCUT2D eigenvalue weighted by molar-refractivity contribution is -0.136. The quantitative estimate of drug-likeness (QED) is 0.265. The van der Waals surface area contributed by atoms with Gasteiger partial charge in [0.05, 0.1) is 20.4 Å². The fraction of sp³-hybridized carbons (Fsp3) is 0.125. The van der Waals surface area contributed by atoms with E-state index in [0.29, 0.717) is 44.1 Å². The maximum absolute atomic E-state index is 12.0. The van der Waals surface area contributed by atoms with Crippen LogP contribution in [0.2, 0.25) is 10.0 Å². The van der Waals surface area contributed by atoms with Crippen LogP contribution in [-0.2, 0) is 16.2 Å². The van der Waals surface area contributed by atoms with Crippen molar-refractivity contribution in [2.75, 3.05) is 19.5 Å². The van der Waals surface area contributed by atoms with Crippen molar-refractivity contribution in [1.29, 1.82) is 0 Å². The Bertz CT molecular complexity index is 1180. The topological polar surface area (TPSA) is 98.2 Å². The average molecular weight is 502 g/mol. The molecule has 176 valence electrons. The van der Waals surface area contributed by atoms with Gasteiger partial charge < -0.3 is 19.5 Å². The SMILES string of the molecule is COc1ccc(NC(=O)C(=O)N/N=C\c2ccc(OCc3c(Cl)cccc3Cl)c(OC)c2)cc1. The zero-order valence-corrected chi connectivity index (χ0v) is 19.8. The van der Waals surface area contributed by atoms with Crippen LogP contribution in [0.4, 0.5) is 5.69 Å². The molecule has 0 aromatic heterocycles. The molecule has 34 heavy (non-hydrogen) atoms. The number of hydrazone groups is 1. The molecule has 8 nitrogen and oxygen atoms in total. The van der Waals surface area contributed by atoms with Gasteiger partial charge in [-0.2, -0.15) is 5.10 Å². The molecule has 2 N–H and O–H groups in total. The molecular weight excluding hydrogens is 481 g/mol. The summed E-state index contributed by atoms with van der Waals surface area (Å²) in [6.07, 6.45) is 1.37. The highest BCUT2D eigenvalue weighted by molar-refractivity contribution is 6.39. The molecule has 10 heteroatoms. The Morgan fingerprint density at radius 1 is 0.912 bits per heavy atom. The van der Waals surface area contributed by atoms with E-state index < -0.39 is 11.8 Å². The van der Waals surface area contributed by atoms with Gasteiger partial charge in [-0.25, -0.2) is 5.43 Å². The number of nitrogens with one attached hydrogen (secondary N) is 2. The molecule has 3 rings (SSSR count). The predicted molar refractivity (Wildman–Crippen MR) is 131 cm³/mol. The first-order chi connectivity index (χ1) is 16.4. The predicted octanol–water partition coefficient (Wildman–Crippen LogP) is 4.68. The molecule has 0 radical (unpaired) electrons. The van der Waals surface area contributed by atoms with Gasteiger partial charge in [-0.1, -0.05) is 29.3 Å². The third kappa shape index (κ3) is 6.63. The van der Waals surface area contributed by atoms with E-state index in [1.54, 1.807) is 60.7 Å². The number of anilines is 1. The van der Waals surface area contributed by atoms with Crippen LogP contribution in [0.1, 0.15) is 11.1 Å². The summed E-state index contributed by atoms with van der Waals surface area (Å²) < 4.78 is 16.2. The Balaban J connectivity index is 1.57. The van der Waals surface area contributed by atoms with Crippen LogP contribution in [0, 0.1) is 0 Å². The van der Waals surface area contributed by atoms with Gasteiger partial charge in [0.1, 0.15) is 12.4 Å². The van der Waals surface area contributed by atoms with E-state index in [2.05, 4.69) is 15.8 Å². The number of halogens is 2. The monoisotopic (exact) mass is 501 g/mol. The van der Waals surface area contributed by atoms with Crippen molar-refractivity contribution < 1.29 is 23.8 Å². The normalized spacial score (nSPS) is 10.6. The van der Waals surface area contributed by atoms with Crippen molar-refractivity contribution in [1.82, 2.24) is 5.43 Å². The summed E-state index contributed by atoms with van der Waals surface area (Å²) in [5, 5.41) is 7.29. The van der Waals surface area contributed by atoms with Crippen LogP contribution in [0.3, 0.4) is 0 Å². The molecule has 0 atom stereocenters. The molecule has 0 saturated heterocycles. The number of ether oxygens (including phenoxy) is 3. The van der Waals surface area contributed by atoms with Gasteiger partial charge in [0.15, 0.2) is 11.5 Å². The fourth-order valence-electron chi connectivity index (χ4n) is 2.78. The van der Waals surface area contributed by atoms with Crippen LogP contribution in [-0.4, -0.2) is 32.2 Å². The highest BCUT2D eigenvalue weighted by atomic mass is 35.5. The first-order valence-electron chi connectivity index (χ1n) is 9.93. The van der Waals surface area contributed by atoms with E-state index in [1.807, 2.05) is 0 Å². The summed E-state index contributed by atoms with van der Waals surface area (Å²) in [6, 6.07) is 16.8. The zero-order valence-electron chi connectivity index (χ0n) is 18.3. The third-order valence-electron chi connectivity index (χ3n) is 4.56. The minimum atomic E-state index is -0.921. The van der Waals surface area contributed by atoms with E-state index in [4.69, 9.17) is 37.4 Å². The van der Waals surface area contributed by atoms with E-state index >= 15 is 0 Å². The zero-order chi connectivity index (χ0) is 24.5. The van der Waals surface area contributed by atoms with E-state index in [9.17, 15) is 9.59 Å². The highest BCUT2D eigenvalue weighted by Crippen LogP contribution is 2.31. The summed E-state index contributed by atoms with van der Waals surface area (Å²) in [6.45, 7) is 0.154. The van der Waals surface area contributed by atoms with Gasteiger partial charge in [0, 0.05) is 21.3 Å². The van der Waals surface area contributed by atoms with Crippen molar-refractivity contribution in [2.45, 2.75) is 6.61 Å². The largest absolute Gasteiger partial charge is 0.497 e. The van der Waals surface area contributed by atoms with Crippen molar-refractivity contribution in [2.24, 2.45) is 5.10 Å². The van der Waals surface area contributed by atoms with Crippen LogP contribution >= 0.6 is 23.2 Å². The molecule has 0 spiro atoms. The number of hydrogen-bond acceptors (Lipinski definition) is 6. The Morgan fingerprint density at radius 3 is 2.26 bits per heavy atom. The Labute approximate surface area is 206 Å². The second-order valence-electron chi connectivity index (χ2n) is 6.78. The number of hydrogen-bond donors (Lipinski definition) is 2. The summed E-state index contributed by atoms with van der Waals surface area (Å²) in [5.41, 5.74) is 3.89. The molecule has 0 aliphatic rings. The van der Waals surface area contributed by atoms with Crippen molar-refractivity contribution in [3.8, 4) is 17.2 Å². The Morgan fingerprint density at radius 2 is 1.62 bits per heavy atom. The van der Waals surface area contributed by atoms with Gasteiger partial charge in [-0.05, 0) is 60.2 Å². The molecule has 0 bridgehead atoms. The van der Waals surface area contributed by atoms with Crippen LogP contribution in [0.5, 0.6) is 17.2 Å². The Kier molecular flexibility index (Phi) is 8.73. The molecule has 2 amide bonds. The summed E-state index contributed by atoms with van der Waals surface area (Å²) >= 11 is 12.4. The van der Waals surface area contributed by atoms with E-state index in [0.717, 1.165) is 0 Å². The van der Waals surface area contributed by atoms with Crippen LogP contribution in [0.15, 0.2) is 65.8 Å². The molecule has 3 aromatic carbocycles. The molecule has 0 aliphatic heterocycles. The minimum Gasteiger partial charge on any atom is -0.497 e. The van der Waals surface area contributed by atoms with Crippen LogP contribution in [0.25, 0.3) is 0 Å². The lowest BCUT2D eigenvalue weighted by Crippen LogP contribution is -2.32. The third-order valence-corrected chi connectivity index (χ3v) is 5.26. The number of nitrogens with zero attached hydrogens (tertiary/aromatic N) is 1. The van der Waals surface area contributed by atoms with Gasteiger partial charge in [-0.3, -0.25) is 9.59 Å². The first kappa shape index (κ1) is 24.9. The summed E-state index contributed by atoms with van der Waals surface area (Å²) in [4.78, 5) is 24.0. The van der Waals surface area contributed by atoms with Crippen molar-refractivity contribution >= 4 is 46.9 Å². The fourth-order valence-corrected chi connectivity index (χ4v) is 3.29. The number of benzene rings is 3. The summed E-state index contributed by atoms with van der Waals surface area (Å²) in [5.74, 6) is -0.238. The minimum absolute atomic E-state index is 0.154. The number of carbonyl (C=O) groups is 2. The highest BCUT2D eigenvalue weighted by Gasteiger charge is 2.13. The lowest BCUT2D eigenvalue weighted by Gasteiger charge is -2.13. The maximum Gasteiger partial charge on any atom is 0.329 e. The van der Waals surface area contributed by atoms with E-state index in [1.165, 1.54) is 20.4 Å². The number of methoxy groups -OCH3 is 2. The maximum atomic E-state index is 12.0. The smallest absolute Gasteiger partial charge is 0.329 e. The second kappa shape index (κ2) is 11.9. The molecule has 3 aromatic rings. The van der Waals surface area contributed by atoms with Crippen molar-refractivity contribution in [3.63, 3.8) is 0 Å². The number of carbonyl (C=O) groups excluding carboxylic acids is 2. The van der Waals surface area contributed by atoms with E-state index in [-0.39, 0.29) is 6.61 Å². The molecule has 0 unspecified atom stereocenters. The Hall–Kier alpha value is -3.75. The van der Waals surface area contributed by atoms with Gasteiger partial charge >= 0.3 is 11.8 Å². The van der Waals surface area contributed by atoms with Gasteiger partial charge in [-0.15, -0.1) is 0 Å². The number of rotatable bonds is 8. The summed E-state index contributed by atoms with van der Waals surface area (Å²) in [7, 11) is 3.03. The first-order valence-corrected chi connectivity index (χ1v) is 10.7. The second-order valence-corrected chi connectivity index (χ2v) is 7.60. The van der Waals surface area contributed by atoms with Gasteiger partial charge in [0.25, 0.3) is 0 Å². The lowest BCUT2D eigenvalue weighted by atomic mass is 10.2. The molecule has 0 fully saturated rings. The molecular formula is C24H21Cl2N3O5. The average Bonchev–Trinajstić information content (AvgIpc) is 2.84. The van der Waals surface area contributed by atoms with Crippen molar-refractivity contribution in [3.05, 3.63) is 81.8 Å². The van der Waals surface area contributed by atoms with Crippen LogP contribution < -0.4 is 25.0 Å². The number of amides is 2.